The van der Waals surface area contributed by atoms with Crippen LogP contribution < -0.4 is 10.4 Å². The van der Waals surface area contributed by atoms with E-state index >= 15 is 0 Å². The number of nitrogens with one attached hydrogen (secondary N) is 1. The Bertz CT molecular complexity index is 686. The number of ether oxygens (including phenoxy) is 1. The molecule has 0 unspecified atom stereocenters. The smallest absolute Gasteiger partial charge is 0.412 e. The van der Waals surface area contributed by atoms with E-state index in [0.29, 0.717) is 0 Å². The summed E-state index contributed by atoms with van der Waals surface area (Å²) in [4.78, 5) is 23.7. The van der Waals surface area contributed by atoms with Gasteiger partial charge in [0.1, 0.15) is 5.60 Å². The Morgan fingerprint density at radius 2 is 1.82 bits per heavy atom. The molecule has 0 aliphatic rings. The summed E-state index contributed by atoms with van der Waals surface area (Å²) in [6, 6.07) is 10.9. The average molecular weight is 318 g/mol. The van der Waals surface area contributed by atoms with Gasteiger partial charge in [0.05, 0.1) is 16.5 Å². The van der Waals surface area contributed by atoms with Crippen molar-refractivity contribution in [3.05, 3.63) is 41.3 Å². The number of carbonyl (C=O) groups is 2. The van der Waals surface area contributed by atoms with Crippen LogP contribution in [0.2, 0.25) is 0 Å². The van der Waals surface area contributed by atoms with E-state index in [9.17, 15) is 14.7 Å². The highest BCUT2D eigenvalue weighted by Gasteiger charge is 2.19. The first-order valence-corrected chi connectivity index (χ1v) is 7.48. The molecule has 0 bridgehead atoms. The first kappa shape index (κ1) is 16.0. The number of amides is 1. The molecule has 0 saturated heterocycles. The predicted octanol–water partition coefficient (Wildman–Crippen LogP) is 3.13. The van der Waals surface area contributed by atoms with E-state index in [4.69, 9.17) is 4.74 Å². The zero-order valence-corrected chi connectivity index (χ0v) is 13.3. The summed E-state index contributed by atoms with van der Waals surface area (Å²) in [5.74, 6) is -1.33. The fourth-order valence-corrected chi connectivity index (χ4v) is 2.75. The van der Waals surface area contributed by atoms with Crippen molar-refractivity contribution in [2.24, 2.45) is 0 Å². The largest absolute Gasteiger partial charge is 0.544 e. The number of anilines is 1. The first-order valence-electron chi connectivity index (χ1n) is 6.67. The second-order valence-corrected chi connectivity index (χ2v) is 6.69. The highest BCUT2D eigenvalue weighted by atomic mass is 32.1. The summed E-state index contributed by atoms with van der Waals surface area (Å²) < 4.78 is 5.13. The Labute approximate surface area is 132 Å². The van der Waals surface area contributed by atoms with Crippen molar-refractivity contribution in [2.75, 3.05) is 5.32 Å². The normalized spacial score (nSPS) is 11.0. The molecule has 0 aliphatic carbocycles. The van der Waals surface area contributed by atoms with Gasteiger partial charge in [-0.1, -0.05) is 30.3 Å². The number of hydrogen-bond acceptors (Lipinski definition) is 5. The van der Waals surface area contributed by atoms with Crippen LogP contribution in [-0.4, -0.2) is 17.7 Å². The summed E-state index contributed by atoms with van der Waals surface area (Å²) in [6.07, 6.45) is -0.701. The predicted molar refractivity (Wildman–Crippen MR) is 83.9 cm³/mol. The number of aromatic carboxylic acids is 1. The number of carboxylic acid groups (broad SMARTS) is 1. The molecule has 0 fully saturated rings. The van der Waals surface area contributed by atoms with E-state index < -0.39 is 17.7 Å². The Balaban J connectivity index is 2.29. The maximum Gasteiger partial charge on any atom is 0.412 e. The molecule has 0 radical (unpaired) electrons. The molecule has 0 aliphatic heterocycles. The minimum atomic E-state index is -1.33. The van der Waals surface area contributed by atoms with E-state index in [1.807, 2.05) is 30.3 Å². The standard InChI is InChI=1S/C16H17NO4S/c1-16(2,3)21-15(20)17-11-9-12(22-13(11)14(18)19)10-7-5-4-6-8-10/h4-9H,1-3H3,(H,17,20)(H,18,19)/p-1. The fourth-order valence-electron chi connectivity index (χ4n) is 1.79. The third-order valence-corrected chi connectivity index (χ3v) is 3.78. The molecule has 116 valence electrons. The van der Waals surface area contributed by atoms with Crippen molar-refractivity contribution >= 4 is 29.1 Å². The number of carboxylic acids is 1. The lowest BCUT2D eigenvalue weighted by Crippen LogP contribution is -2.28. The zero-order chi connectivity index (χ0) is 16.3. The number of rotatable bonds is 3. The van der Waals surface area contributed by atoms with Gasteiger partial charge in [-0.05, 0) is 32.4 Å². The molecule has 1 N–H and O–H groups in total. The van der Waals surface area contributed by atoms with E-state index in [-0.39, 0.29) is 10.6 Å². The molecule has 22 heavy (non-hydrogen) atoms. The monoisotopic (exact) mass is 318 g/mol. The topological polar surface area (TPSA) is 78.5 Å². The van der Waals surface area contributed by atoms with Gasteiger partial charge in [0, 0.05) is 4.88 Å². The molecule has 2 rings (SSSR count). The van der Waals surface area contributed by atoms with Gasteiger partial charge in [0.15, 0.2) is 0 Å². The fraction of sp³-hybridized carbons (Fsp3) is 0.250. The lowest BCUT2D eigenvalue weighted by atomic mass is 10.2. The third kappa shape index (κ3) is 4.08. The summed E-state index contributed by atoms with van der Waals surface area (Å²) in [5, 5.41) is 13.7. The van der Waals surface area contributed by atoms with Gasteiger partial charge < -0.3 is 14.6 Å². The third-order valence-electron chi connectivity index (χ3n) is 2.61. The van der Waals surface area contributed by atoms with Gasteiger partial charge in [-0.2, -0.15) is 0 Å². The van der Waals surface area contributed by atoms with E-state index in [2.05, 4.69) is 5.32 Å². The second-order valence-electron chi connectivity index (χ2n) is 5.63. The minimum Gasteiger partial charge on any atom is -0.544 e. The maximum atomic E-state index is 11.8. The molecule has 0 spiro atoms. The summed E-state index contributed by atoms with van der Waals surface area (Å²) in [7, 11) is 0. The Morgan fingerprint density at radius 3 is 2.36 bits per heavy atom. The number of thiophene rings is 1. The Kier molecular flexibility index (Phi) is 4.51. The van der Waals surface area contributed by atoms with Crippen LogP contribution in [0.1, 0.15) is 30.4 Å². The molecule has 2 aromatic rings. The Morgan fingerprint density at radius 1 is 1.18 bits per heavy atom. The molecule has 0 atom stereocenters. The van der Waals surface area contributed by atoms with Crippen molar-refractivity contribution < 1.29 is 19.4 Å². The number of benzene rings is 1. The molecule has 0 saturated carbocycles. The highest BCUT2D eigenvalue weighted by molar-refractivity contribution is 7.17. The maximum absolute atomic E-state index is 11.8. The van der Waals surface area contributed by atoms with Gasteiger partial charge in [-0.3, -0.25) is 5.32 Å². The van der Waals surface area contributed by atoms with E-state index in [0.717, 1.165) is 21.8 Å². The summed E-state index contributed by atoms with van der Waals surface area (Å²) in [6.45, 7) is 5.19. The average Bonchev–Trinajstić information content (AvgIpc) is 2.81. The van der Waals surface area contributed by atoms with Crippen LogP contribution in [0.3, 0.4) is 0 Å². The molecular weight excluding hydrogens is 302 g/mol. The van der Waals surface area contributed by atoms with Gasteiger partial charge in [0.25, 0.3) is 0 Å². The quantitative estimate of drug-likeness (QED) is 0.943. The van der Waals surface area contributed by atoms with Gasteiger partial charge in [-0.15, -0.1) is 11.3 Å². The zero-order valence-electron chi connectivity index (χ0n) is 12.5. The molecule has 1 heterocycles. The van der Waals surface area contributed by atoms with Crippen LogP contribution in [0.5, 0.6) is 0 Å². The Hall–Kier alpha value is -2.34. The summed E-state index contributed by atoms with van der Waals surface area (Å²) >= 11 is 1.05. The molecule has 5 nitrogen and oxygen atoms in total. The number of carbonyl (C=O) groups excluding carboxylic acids is 2. The number of hydrogen-bond donors (Lipinski definition) is 1. The van der Waals surface area contributed by atoms with Crippen molar-refractivity contribution in [2.45, 2.75) is 26.4 Å². The lowest BCUT2D eigenvalue weighted by Gasteiger charge is -2.19. The SMILES string of the molecule is CC(C)(C)OC(=O)Nc1cc(-c2ccccc2)sc1C(=O)[O-]. The van der Waals surface area contributed by atoms with Crippen LogP contribution in [0.25, 0.3) is 10.4 Å². The van der Waals surface area contributed by atoms with Crippen molar-refractivity contribution in [3.8, 4) is 10.4 Å². The van der Waals surface area contributed by atoms with Gasteiger partial charge >= 0.3 is 6.09 Å². The van der Waals surface area contributed by atoms with Crippen LogP contribution in [-0.2, 0) is 4.74 Å². The molecule has 1 amide bonds. The van der Waals surface area contributed by atoms with Crippen LogP contribution in [0.15, 0.2) is 36.4 Å². The summed E-state index contributed by atoms with van der Waals surface area (Å²) in [5.41, 5.74) is 0.384. The van der Waals surface area contributed by atoms with E-state index in [1.165, 1.54) is 0 Å². The molecule has 1 aromatic carbocycles. The molecule has 6 heteroatoms. The first-order chi connectivity index (χ1) is 10.3. The van der Waals surface area contributed by atoms with Crippen LogP contribution in [0.4, 0.5) is 10.5 Å². The van der Waals surface area contributed by atoms with Crippen LogP contribution >= 0.6 is 11.3 Å². The van der Waals surface area contributed by atoms with E-state index in [1.54, 1.807) is 26.8 Å². The van der Waals surface area contributed by atoms with Crippen molar-refractivity contribution in [1.29, 1.82) is 0 Å². The highest BCUT2D eigenvalue weighted by Crippen LogP contribution is 2.34. The van der Waals surface area contributed by atoms with Crippen LogP contribution in [0, 0.1) is 0 Å². The van der Waals surface area contributed by atoms with Gasteiger partial charge in [-0.25, -0.2) is 4.79 Å². The van der Waals surface area contributed by atoms with Crippen molar-refractivity contribution in [1.82, 2.24) is 0 Å². The molecule has 1 aromatic heterocycles. The van der Waals surface area contributed by atoms with Gasteiger partial charge in [0.2, 0.25) is 0 Å². The second kappa shape index (κ2) is 6.19. The van der Waals surface area contributed by atoms with Crippen molar-refractivity contribution in [3.63, 3.8) is 0 Å². The molecular formula is C16H16NO4S-. The minimum absolute atomic E-state index is 0.0373. The lowest BCUT2D eigenvalue weighted by molar-refractivity contribution is -0.254.